The summed E-state index contributed by atoms with van der Waals surface area (Å²) in [4.78, 5) is 16.0. The molecule has 0 unspecified atom stereocenters. The zero-order valence-corrected chi connectivity index (χ0v) is 12.0. The molecular weight excluding hydrogens is 318 g/mol. The van der Waals surface area contributed by atoms with Gasteiger partial charge in [-0.05, 0) is 12.1 Å². The lowest BCUT2D eigenvalue weighted by atomic mass is 10.1. The van der Waals surface area contributed by atoms with Crippen LogP contribution in [0.5, 0.6) is 0 Å². The maximum atomic E-state index is 13.5. The summed E-state index contributed by atoms with van der Waals surface area (Å²) >= 11 is 3.37. The molecule has 1 fully saturated rings. The Balaban J connectivity index is 2.01. The van der Waals surface area contributed by atoms with Gasteiger partial charge in [0, 0.05) is 44.1 Å². The quantitative estimate of drug-likeness (QED) is 0.791. The molecule has 2 rings (SSSR count). The fourth-order valence-corrected chi connectivity index (χ4v) is 2.63. The van der Waals surface area contributed by atoms with E-state index < -0.39 is 11.6 Å². The van der Waals surface area contributed by atoms with Gasteiger partial charge in [-0.25, -0.2) is 8.78 Å². The van der Waals surface area contributed by atoms with Crippen molar-refractivity contribution in [3.63, 3.8) is 0 Å². The molecule has 1 aliphatic heterocycles. The van der Waals surface area contributed by atoms with Gasteiger partial charge in [0.1, 0.15) is 11.6 Å². The smallest absolute Gasteiger partial charge is 0.256 e. The second-order valence-electron chi connectivity index (χ2n) is 4.45. The maximum Gasteiger partial charge on any atom is 0.256 e. The molecule has 0 radical (unpaired) electrons. The van der Waals surface area contributed by atoms with E-state index in [2.05, 4.69) is 20.8 Å². The molecule has 19 heavy (non-hydrogen) atoms. The van der Waals surface area contributed by atoms with Crippen molar-refractivity contribution < 1.29 is 13.6 Å². The van der Waals surface area contributed by atoms with Crippen LogP contribution in [0.1, 0.15) is 10.4 Å². The van der Waals surface area contributed by atoms with E-state index >= 15 is 0 Å². The summed E-state index contributed by atoms with van der Waals surface area (Å²) in [7, 11) is 0. The first-order chi connectivity index (χ1) is 9.11. The predicted molar refractivity (Wildman–Crippen MR) is 72.5 cm³/mol. The Hall–Kier alpha value is -1.01. The number of halogens is 3. The molecule has 0 aliphatic carbocycles. The molecule has 0 saturated carbocycles. The Kier molecular flexibility index (Phi) is 4.87. The Morgan fingerprint density at radius 3 is 2.47 bits per heavy atom. The van der Waals surface area contributed by atoms with Crippen LogP contribution in [0.3, 0.4) is 0 Å². The van der Waals surface area contributed by atoms with E-state index in [4.69, 9.17) is 0 Å². The highest BCUT2D eigenvalue weighted by molar-refractivity contribution is 9.09. The Bertz CT molecular complexity index is 462. The number of carbonyl (C=O) groups excluding carboxylic acids is 1. The second kappa shape index (κ2) is 6.43. The number of piperazine rings is 1. The molecule has 1 amide bonds. The fraction of sp³-hybridized carbons (Fsp3) is 0.462. The van der Waals surface area contributed by atoms with E-state index in [1.54, 1.807) is 4.90 Å². The third-order valence-corrected chi connectivity index (χ3v) is 3.58. The van der Waals surface area contributed by atoms with Gasteiger partial charge in [-0.15, -0.1) is 0 Å². The Labute approximate surface area is 119 Å². The molecule has 0 bridgehead atoms. The van der Waals surface area contributed by atoms with Gasteiger partial charge in [0.15, 0.2) is 0 Å². The summed E-state index contributed by atoms with van der Waals surface area (Å²) in [6.45, 7) is 3.64. The lowest BCUT2D eigenvalue weighted by molar-refractivity contribution is 0.0640. The molecule has 1 saturated heterocycles. The lowest BCUT2D eigenvalue weighted by Gasteiger charge is -2.34. The standard InChI is InChI=1S/C13H15BrF2N2O/c14-3-4-17-5-7-18(8-6-17)13(19)11-2-1-10(15)9-12(11)16/h1-2,9H,3-8H2. The van der Waals surface area contributed by atoms with E-state index in [-0.39, 0.29) is 11.5 Å². The van der Waals surface area contributed by atoms with Gasteiger partial charge < -0.3 is 4.90 Å². The largest absolute Gasteiger partial charge is 0.336 e. The number of rotatable bonds is 3. The summed E-state index contributed by atoms with van der Waals surface area (Å²) in [5, 5.41) is 0.896. The second-order valence-corrected chi connectivity index (χ2v) is 5.24. The third kappa shape index (κ3) is 3.51. The SMILES string of the molecule is O=C(c1ccc(F)cc1F)N1CCN(CCBr)CC1. The van der Waals surface area contributed by atoms with Crippen molar-refractivity contribution in [3.8, 4) is 0 Å². The first kappa shape index (κ1) is 14.4. The molecule has 1 aliphatic rings. The molecule has 0 aromatic heterocycles. The predicted octanol–water partition coefficient (Wildman–Crippen LogP) is 2.12. The van der Waals surface area contributed by atoms with Crippen LogP contribution in [0.15, 0.2) is 18.2 Å². The number of hydrogen-bond donors (Lipinski definition) is 0. The Morgan fingerprint density at radius 2 is 1.89 bits per heavy atom. The normalized spacial score (nSPS) is 16.7. The van der Waals surface area contributed by atoms with Crippen LogP contribution < -0.4 is 0 Å². The van der Waals surface area contributed by atoms with Crippen molar-refractivity contribution in [3.05, 3.63) is 35.4 Å². The average molecular weight is 333 g/mol. The van der Waals surface area contributed by atoms with Gasteiger partial charge >= 0.3 is 0 Å². The number of carbonyl (C=O) groups is 1. The van der Waals surface area contributed by atoms with E-state index in [0.29, 0.717) is 13.1 Å². The highest BCUT2D eigenvalue weighted by Crippen LogP contribution is 2.14. The molecule has 1 aromatic rings. The molecule has 0 N–H and O–H groups in total. The summed E-state index contributed by atoms with van der Waals surface area (Å²) in [5.41, 5.74) is -0.0599. The van der Waals surface area contributed by atoms with Crippen LogP contribution in [0, 0.1) is 11.6 Å². The molecule has 3 nitrogen and oxygen atoms in total. The van der Waals surface area contributed by atoms with Crippen LogP contribution in [0.4, 0.5) is 8.78 Å². The van der Waals surface area contributed by atoms with E-state index in [1.807, 2.05) is 0 Å². The van der Waals surface area contributed by atoms with Crippen LogP contribution in [-0.4, -0.2) is 53.8 Å². The van der Waals surface area contributed by atoms with E-state index in [1.165, 1.54) is 6.07 Å². The van der Waals surface area contributed by atoms with E-state index in [9.17, 15) is 13.6 Å². The van der Waals surface area contributed by atoms with Gasteiger partial charge in [0.2, 0.25) is 0 Å². The Morgan fingerprint density at radius 1 is 1.21 bits per heavy atom. The number of benzene rings is 1. The minimum atomic E-state index is -0.798. The molecular formula is C13H15BrF2N2O. The van der Waals surface area contributed by atoms with Crippen molar-refractivity contribution in [1.82, 2.24) is 9.80 Å². The van der Waals surface area contributed by atoms with Gasteiger partial charge in [-0.3, -0.25) is 9.69 Å². The summed E-state index contributed by atoms with van der Waals surface area (Å²) < 4.78 is 26.4. The number of alkyl halides is 1. The highest BCUT2D eigenvalue weighted by atomic mass is 79.9. The molecule has 1 aromatic carbocycles. The molecule has 0 spiro atoms. The van der Waals surface area contributed by atoms with Crippen LogP contribution in [0.25, 0.3) is 0 Å². The molecule has 1 heterocycles. The van der Waals surface area contributed by atoms with Crippen molar-refractivity contribution in [1.29, 1.82) is 0 Å². The van der Waals surface area contributed by atoms with Crippen LogP contribution in [-0.2, 0) is 0 Å². The van der Waals surface area contributed by atoms with Gasteiger partial charge in [0.05, 0.1) is 5.56 Å². The van der Waals surface area contributed by atoms with Crippen LogP contribution >= 0.6 is 15.9 Å². The molecule has 0 atom stereocenters. The topological polar surface area (TPSA) is 23.6 Å². The number of nitrogens with zero attached hydrogens (tertiary/aromatic N) is 2. The summed E-state index contributed by atoms with van der Waals surface area (Å²) in [6.07, 6.45) is 0. The van der Waals surface area contributed by atoms with Gasteiger partial charge in [-0.1, -0.05) is 15.9 Å². The maximum absolute atomic E-state index is 13.5. The van der Waals surface area contributed by atoms with Crippen molar-refractivity contribution in [2.75, 3.05) is 38.1 Å². The van der Waals surface area contributed by atoms with Gasteiger partial charge in [0.25, 0.3) is 5.91 Å². The first-order valence-electron chi connectivity index (χ1n) is 6.14. The first-order valence-corrected chi connectivity index (χ1v) is 7.26. The monoisotopic (exact) mass is 332 g/mol. The molecule has 104 valence electrons. The number of amides is 1. The fourth-order valence-electron chi connectivity index (χ4n) is 2.13. The van der Waals surface area contributed by atoms with Gasteiger partial charge in [-0.2, -0.15) is 0 Å². The third-order valence-electron chi connectivity index (χ3n) is 3.22. The van der Waals surface area contributed by atoms with Crippen molar-refractivity contribution in [2.24, 2.45) is 0 Å². The number of hydrogen-bond acceptors (Lipinski definition) is 2. The zero-order chi connectivity index (χ0) is 13.8. The van der Waals surface area contributed by atoms with Crippen molar-refractivity contribution >= 4 is 21.8 Å². The summed E-state index contributed by atoms with van der Waals surface area (Å²) in [6, 6.07) is 3.06. The van der Waals surface area contributed by atoms with Crippen molar-refractivity contribution in [2.45, 2.75) is 0 Å². The minimum Gasteiger partial charge on any atom is -0.336 e. The van der Waals surface area contributed by atoms with E-state index in [0.717, 1.165) is 37.1 Å². The summed E-state index contributed by atoms with van der Waals surface area (Å²) in [5.74, 6) is -1.83. The lowest BCUT2D eigenvalue weighted by Crippen LogP contribution is -2.49. The minimum absolute atomic E-state index is 0.0599. The molecule has 6 heteroatoms. The van der Waals surface area contributed by atoms with Crippen LogP contribution in [0.2, 0.25) is 0 Å². The average Bonchev–Trinajstić information content (AvgIpc) is 2.39. The highest BCUT2D eigenvalue weighted by Gasteiger charge is 2.23. The zero-order valence-electron chi connectivity index (χ0n) is 10.4.